The van der Waals surface area contributed by atoms with E-state index in [-0.39, 0.29) is 12.1 Å². The summed E-state index contributed by atoms with van der Waals surface area (Å²) in [6.07, 6.45) is 0.397. The number of benzene rings is 1. The maximum Gasteiger partial charge on any atom is 0.339 e. The Hall–Kier alpha value is -2.57. The van der Waals surface area contributed by atoms with Crippen LogP contribution in [0.15, 0.2) is 24.3 Å². The Kier molecular flexibility index (Phi) is 4.35. The zero-order valence-electron chi connectivity index (χ0n) is 12.5. The van der Waals surface area contributed by atoms with Crippen LogP contribution in [-0.4, -0.2) is 48.2 Å². The minimum Gasteiger partial charge on any atom is -0.481 e. The van der Waals surface area contributed by atoms with E-state index in [9.17, 15) is 19.5 Å². The summed E-state index contributed by atoms with van der Waals surface area (Å²) in [5.74, 6) is -1.47. The van der Waals surface area contributed by atoms with Gasteiger partial charge in [-0.05, 0) is 25.5 Å². The molecule has 1 aromatic rings. The van der Waals surface area contributed by atoms with Gasteiger partial charge in [-0.15, -0.1) is 0 Å². The van der Waals surface area contributed by atoms with Gasteiger partial charge >= 0.3 is 18.0 Å². The molecule has 2 rings (SSSR count). The Labute approximate surface area is 127 Å². The molecular weight excluding hydrogens is 288 g/mol. The molecule has 1 aliphatic heterocycles. The fraction of sp³-hybridized carbons (Fsp3) is 0.400. The average molecular weight is 306 g/mol. The Morgan fingerprint density at radius 2 is 2.00 bits per heavy atom. The zero-order valence-corrected chi connectivity index (χ0v) is 12.5. The molecule has 7 nitrogen and oxygen atoms in total. The first kappa shape index (κ1) is 15.8. The standard InChI is InChI=1S/C15H18N2O5/c1-15(13(19)20)7-8-17(9-15)14(21)16-11-6-4-3-5-10(11)12(18)22-2/h3-6H,7-9H2,1-2H3,(H,16,21)(H,19,20). The lowest BCUT2D eigenvalue weighted by Gasteiger charge is -2.21. The maximum absolute atomic E-state index is 12.3. The SMILES string of the molecule is COC(=O)c1ccccc1NC(=O)N1CCC(C)(C(=O)O)C1. The molecule has 0 radical (unpaired) electrons. The molecule has 118 valence electrons. The highest BCUT2D eigenvalue weighted by molar-refractivity contribution is 6.01. The number of hydrogen-bond acceptors (Lipinski definition) is 4. The van der Waals surface area contributed by atoms with Gasteiger partial charge in [0.1, 0.15) is 0 Å². The van der Waals surface area contributed by atoms with E-state index >= 15 is 0 Å². The molecule has 0 saturated carbocycles. The molecule has 2 amide bonds. The smallest absolute Gasteiger partial charge is 0.339 e. The van der Waals surface area contributed by atoms with Crippen molar-refractivity contribution in [1.82, 2.24) is 4.90 Å². The Balaban J connectivity index is 2.11. The van der Waals surface area contributed by atoms with E-state index in [1.165, 1.54) is 12.0 Å². The summed E-state index contributed by atoms with van der Waals surface area (Å²) in [6.45, 7) is 2.11. The van der Waals surface area contributed by atoms with Crippen molar-refractivity contribution in [2.45, 2.75) is 13.3 Å². The van der Waals surface area contributed by atoms with Crippen LogP contribution in [0.4, 0.5) is 10.5 Å². The summed E-state index contributed by atoms with van der Waals surface area (Å²) in [6, 6.07) is 6.07. The van der Waals surface area contributed by atoms with Crippen LogP contribution in [0.25, 0.3) is 0 Å². The number of methoxy groups -OCH3 is 1. The number of nitrogens with one attached hydrogen (secondary N) is 1. The van der Waals surface area contributed by atoms with Crippen LogP contribution in [0.1, 0.15) is 23.7 Å². The first-order valence-electron chi connectivity index (χ1n) is 6.84. The van der Waals surface area contributed by atoms with E-state index in [2.05, 4.69) is 10.1 Å². The van der Waals surface area contributed by atoms with Crippen molar-refractivity contribution >= 4 is 23.7 Å². The molecule has 1 saturated heterocycles. The average Bonchev–Trinajstić information content (AvgIpc) is 2.91. The number of carboxylic acids is 1. The summed E-state index contributed by atoms with van der Waals surface area (Å²) in [7, 11) is 1.26. The number of carboxylic acid groups (broad SMARTS) is 1. The van der Waals surface area contributed by atoms with Gasteiger partial charge in [0, 0.05) is 13.1 Å². The second-order valence-electron chi connectivity index (χ2n) is 5.50. The molecular formula is C15H18N2O5. The summed E-state index contributed by atoms with van der Waals surface area (Å²) in [4.78, 5) is 36.6. The Bertz CT molecular complexity index is 616. The summed E-state index contributed by atoms with van der Waals surface area (Å²) in [5.41, 5.74) is -0.346. The number of hydrogen-bond donors (Lipinski definition) is 2. The number of nitrogens with zero attached hydrogens (tertiary/aromatic N) is 1. The number of aliphatic carboxylic acids is 1. The highest BCUT2D eigenvalue weighted by Crippen LogP contribution is 2.30. The van der Waals surface area contributed by atoms with Crippen LogP contribution in [0.5, 0.6) is 0 Å². The van der Waals surface area contributed by atoms with Gasteiger partial charge in [-0.25, -0.2) is 9.59 Å². The van der Waals surface area contributed by atoms with Crippen LogP contribution >= 0.6 is 0 Å². The number of likely N-dealkylation sites (tertiary alicyclic amines) is 1. The van der Waals surface area contributed by atoms with Gasteiger partial charge in [0.25, 0.3) is 0 Å². The molecule has 0 spiro atoms. The molecule has 1 aliphatic rings. The van der Waals surface area contributed by atoms with Gasteiger partial charge in [0.05, 0.1) is 23.8 Å². The van der Waals surface area contributed by atoms with Gasteiger partial charge in [0.2, 0.25) is 0 Å². The van der Waals surface area contributed by atoms with Crippen molar-refractivity contribution in [1.29, 1.82) is 0 Å². The van der Waals surface area contributed by atoms with Crippen molar-refractivity contribution < 1.29 is 24.2 Å². The van der Waals surface area contributed by atoms with Crippen LogP contribution < -0.4 is 5.32 Å². The van der Waals surface area contributed by atoms with Gasteiger partial charge in [-0.2, -0.15) is 0 Å². The van der Waals surface area contributed by atoms with Crippen LogP contribution in [0.2, 0.25) is 0 Å². The second kappa shape index (κ2) is 6.05. The molecule has 0 aromatic heterocycles. The first-order valence-corrected chi connectivity index (χ1v) is 6.84. The van der Waals surface area contributed by atoms with Gasteiger partial charge < -0.3 is 20.1 Å². The minimum atomic E-state index is -0.931. The van der Waals surface area contributed by atoms with Crippen LogP contribution in [0.3, 0.4) is 0 Å². The van der Waals surface area contributed by atoms with E-state index in [0.29, 0.717) is 18.7 Å². The molecule has 1 heterocycles. The van der Waals surface area contributed by atoms with Crippen molar-refractivity contribution in [2.24, 2.45) is 5.41 Å². The summed E-state index contributed by atoms with van der Waals surface area (Å²) >= 11 is 0. The number of ether oxygens (including phenoxy) is 1. The predicted octanol–water partition coefficient (Wildman–Crippen LogP) is 1.80. The Morgan fingerprint density at radius 3 is 2.59 bits per heavy atom. The second-order valence-corrected chi connectivity index (χ2v) is 5.50. The molecule has 1 atom stereocenters. The predicted molar refractivity (Wildman–Crippen MR) is 78.7 cm³/mol. The Morgan fingerprint density at radius 1 is 1.32 bits per heavy atom. The molecule has 2 N–H and O–H groups in total. The molecule has 1 aromatic carbocycles. The van der Waals surface area contributed by atoms with E-state index < -0.39 is 23.4 Å². The van der Waals surface area contributed by atoms with Gasteiger partial charge in [0.15, 0.2) is 0 Å². The van der Waals surface area contributed by atoms with E-state index in [1.807, 2.05) is 0 Å². The monoisotopic (exact) mass is 306 g/mol. The quantitative estimate of drug-likeness (QED) is 0.830. The number of rotatable bonds is 3. The van der Waals surface area contributed by atoms with E-state index in [4.69, 9.17) is 0 Å². The fourth-order valence-corrected chi connectivity index (χ4v) is 2.38. The number of amides is 2. The third kappa shape index (κ3) is 3.03. The molecule has 1 fully saturated rings. The molecule has 22 heavy (non-hydrogen) atoms. The number of anilines is 1. The molecule has 0 bridgehead atoms. The lowest BCUT2D eigenvalue weighted by atomic mass is 9.90. The third-order valence-corrected chi connectivity index (χ3v) is 3.85. The summed E-state index contributed by atoms with van der Waals surface area (Å²) < 4.78 is 4.67. The van der Waals surface area contributed by atoms with E-state index in [0.717, 1.165) is 0 Å². The largest absolute Gasteiger partial charge is 0.481 e. The molecule has 7 heteroatoms. The third-order valence-electron chi connectivity index (χ3n) is 3.85. The van der Waals surface area contributed by atoms with Gasteiger partial charge in [-0.1, -0.05) is 12.1 Å². The fourth-order valence-electron chi connectivity index (χ4n) is 2.38. The lowest BCUT2D eigenvalue weighted by molar-refractivity contribution is -0.146. The highest BCUT2D eigenvalue weighted by atomic mass is 16.5. The topological polar surface area (TPSA) is 95.9 Å². The number of carbonyl (C=O) groups is 3. The minimum absolute atomic E-state index is 0.133. The zero-order chi connectivity index (χ0) is 16.3. The first-order chi connectivity index (χ1) is 10.4. The number of carbonyl (C=O) groups excluding carboxylic acids is 2. The van der Waals surface area contributed by atoms with Crippen molar-refractivity contribution in [2.75, 3.05) is 25.5 Å². The highest BCUT2D eigenvalue weighted by Gasteiger charge is 2.42. The molecule has 0 aliphatic carbocycles. The lowest BCUT2D eigenvalue weighted by Crippen LogP contribution is -2.37. The summed E-state index contributed by atoms with van der Waals surface area (Å²) in [5, 5.41) is 11.8. The molecule has 1 unspecified atom stereocenters. The van der Waals surface area contributed by atoms with Crippen molar-refractivity contribution in [3.05, 3.63) is 29.8 Å². The maximum atomic E-state index is 12.3. The number of urea groups is 1. The van der Waals surface area contributed by atoms with Gasteiger partial charge in [-0.3, -0.25) is 4.79 Å². The normalized spacial score (nSPS) is 20.5. The number of para-hydroxylation sites is 1. The van der Waals surface area contributed by atoms with Crippen molar-refractivity contribution in [3.8, 4) is 0 Å². The van der Waals surface area contributed by atoms with E-state index in [1.54, 1.807) is 31.2 Å². The number of esters is 1. The van der Waals surface area contributed by atoms with Crippen molar-refractivity contribution in [3.63, 3.8) is 0 Å². The van der Waals surface area contributed by atoms with Crippen LogP contribution in [-0.2, 0) is 9.53 Å². The van der Waals surface area contributed by atoms with Crippen LogP contribution in [0, 0.1) is 5.41 Å².